The first kappa shape index (κ1) is 27.5. The number of amides is 1. The second kappa shape index (κ2) is 12.0. The Morgan fingerprint density at radius 3 is 2.50 bits per heavy atom. The fourth-order valence-corrected chi connectivity index (χ4v) is 5.23. The van der Waals surface area contributed by atoms with Crippen LogP contribution in [-0.4, -0.2) is 67.1 Å². The molecule has 0 spiro atoms. The van der Waals surface area contributed by atoms with E-state index in [1.807, 2.05) is 31.2 Å². The van der Waals surface area contributed by atoms with Crippen molar-refractivity contribution in [2.75, 3.05) is 62.1 Å². The molecule has 2 N–H and O–H groups in total. The molecule has 1 aliphatic rings. The molecular weight excluding hydrogens is 517 g/mol. The second-order valence-electron chi connectivity index (χ2n) is 10.3. The molecule has 5 rings (SSSR count). The van der Waals surface area contributed by atoms with Crippen LogP contribution in [-0.2, 0) is 6.42 Å². The number of carbonyl (C=O) groups excluding carboxylic acids is 1. The van der Waals surface area contributed by atoms with Crippen molar-refractivity contribution in [2.45, 2.75) is 19.3 Å². The summed E-state index contributed by atoms with van der Waals surface area (Å²) >= 11 is 0. The fraction of sp³-hybridized carbons (Fsp3) is 0.333. The van der Waals surface area contributed by atoms with E-state index in [1.54, 1.807) is 18.3 Å². The van der Waals surface area contributed by atoms with E-state index >= 15 is 0 Å². The molecule has 0 aliphatic carbocycles. The van der Waals surface area contributed by atoms with E-state index in [2.05, 4.69) is 32.7 Å². The average molecular weight is 551 g/mol. The van der Waals surface area contributed by atoms with Crippen LogP contribution in [0.25, 0.3) is 10.9 Å². The number of anilines is 2. The number of piperazine rings is 1. The summed E-state index contributed by atoms with van der Waals surface area (Å²) in [7, 11) is 2.06. The lowest BCUT2D eigenvalue weighted by Crippen LogP contribution is -2.45. The Morgan fingerprint density at radius 1 is 1.02 bits per heavy atom. The van der Waals surface area contributed by atoms with Gasteiger partial charge < -0.3 is 15.1 Å². The predicted molar refractivity (Wildman–Crippen MR) is 153 cm³/mol. The number of para-hydroxylation sites is 1. The number of halogens is 3. The van der Waals surface area contributed by atoms with E-state index < -0.39 is 18.3 Å². The molecule has 1 amide bonds. The molecular formula is C30H33F3N6O. The Morgan fingerprint density at radius 2 is 1.77 bits per heavy atom. The molecule has 4 aromatic rings. The topological polar surface area (TPSA) is 65.4 Å². The highest BCUT2D eigenvalue weighted by Gasteiger charge is 2.24. The summed E-state index contributed by atoms with van der Waals surface area (Å²) in [5, 5.41) is 8.34. The Bertz CT molecular complexity index is 1480. The molecule has 1 aromatic heterocycles. The first-order valence-corrected chi connectivity index (χ1v) is 13.4. The van der Waals surface area contributed by atoms with Crippen LogP contribution < -0.4 is 15.6 Å². The molecule has 210 valence electrons. The zero-order valence-electron chi connectivity index (χ0n) is 22.6. The van der Waals surface area contributed by atoms with Gasteiger partial charge in [-0.2, -0.15) is 9.89 Å². The van der Waals surface area contributed by atoms with Crippen molar-refractivity contribution in [3.63, 3.8) is 0 Å². The van der Waals surface area contributed by atoms with E-state index in [1.165, 1.54) is 16.9 Å². The molecule has 1 fully saturated rings. The Balaban J connectivity index is 1.37. The number of nitrogens with zero attached hydrogens (tertiary/aromatic N) is 4. The van der Waals surface area contributed by atoms with Crippen molar-refractivity contribution in [2.24, 2.45) is 0 Å². The van der Waals surface area contributed by atoms with Gasteiger partial charge in [-0.3, -0.25) is 4.79 Å². The molecule has 0 radical (unpaired) electrons. The number of fused-ring (bicyclic) bond motifs is 1. The lowest BCUT2D eigenvalue weighted by molar-refractivity contribution is 0.101. The third-order valence-electron chi connectivity index (χ3n) is 7.34. The van der Waals surface area contributed by atoms with Crippen molar-refractivity contribution < 1.29 is 18.0 Å². The van der Waals surface area contributed by atoms with Crippen molar-refractivity contribution in [1.82, 2.24) is 14.8 Å². The van der Waals surface area contributed by atoms with Crippen LogP contribution in [0.15, 0.2) is 60.8 Å². The lowest BCUT2D eigenvalue weighted by atomic mass is 9.93. The van der Waals surface area contributed by atoms with Crippen LogP contribution >= 0.6 is 0 Å². The molecule has 40 heavy (non-hydrogen) atoms. The summed E-state index contributed by atoms with van der Waals surface area (Å²) in [5.74, 6) is -1.49. The Labute approximate surface area is 231 Å². The van der Waals surface area contributed by atoms with Crippen molar-refractivity contribution >= 4 is 28.2 Å². The smallest absolute Gasteiger partial charge is 0.273 e. The lowest BCUT2D eigenvalue weighted by Gasteiger charge is -2.36. The van der Waals surface area contributed by atoms with Gasteiger partial charge in [-0.15, -0.1) is 0 Å². The minimum atomic E-state index is -0.589. The van der Waals surface area contributed by atoms with E-state index in [4.69, 9.17) is 0 Å². The number of likely N-dealkylation sites (N-methyl/N-ethyl adjacent to an activating group) is 1. The molecule has 3 aromatic carbocycles. The van der Waals surface area contributed by atoms with Gasteiger partial charge in [0.05, 0.1) is 28.7 Å². The molecule has 1 unspecified atom stereocenters. The van der Waals surface area contributed by atoms with Crippen molar-refractivity contribution in [3.8, 4) is 0 Å². The normalized spacial score (nSPS) is 14.9. The van der Waals surface area contributed by atoms with Gasteiger partial charge in [0, 0.05) is 44.2 Å². The summed E-state index contributed by atoms with van der Waals surface area (Å²) < 4.78 is 40.2. The average Bonchev–Trinajstić information content (AvgIpc) is 3.33. The third kappa shape index (κ3) is 6.07. The van der Waals surface area contributed by atoms with E-state index in [0.717, 1.165) is 54.6 Å². The maximum atomic E-state index is 13.6. The van der Waals surface area contributed by atoms with Crippen LogP contribution in [0.4, 0.5) is 24.5 Å². The number of alkyl halides is 1. The highest BCUT2D eigenvalue weighted by Crippen LogP contribution is 2.32. The van der Waals surface area contributed by atoms with Crippen LogP contribution in [0.3, 0.4) is 0 Å². The number of carbonyl (C=O) groups is 1. The summed E-state index contributed by atoms with van der Waals surface area (Å²) in [6, 6.07) is 14.8. The van der Waals surface area contributed by atoms with Gasteiger partial charge in [0.25, 0.3) is 5.91 Å². The number of benzene rings is 3. The molecule has 0 saturated carbocycles. The number of hydrogen-bond donors (Lipinski definition) is 2. The number of nitrogens with one attached hydrogen (secondary N) is 2. The van der Waals surface area contributed by atoms with E-state index in [-0.39, 0.29) is 18.4 Å². The van der Waals surface area contributed by atoms with Gasteiger partial charge in [0.2, 0.25) is 0 Å². The van der Waals surface area contributed by atoms with E-state index in [0.29, 0.717) is 23.1 Å². The number of rotatable bonds is 9. The van der Waals surface area contributed by atoms with Crippen LogP contribution in [0, 0.1) is 11.6 Å². The van der Waals surface area contributed by atoms with Gasteiger partial charge in [-0.05, 0) is 66.9 Å². The maximum absolute atomic E-state index is 13.6. The quantitative estimate of drug-likeness (QED) is 0.301. The molecule has 2 heterocycles. The molecule has 1 saturated heterocycles. The predicted octanol–water partition coefficient (Wildman–Crippen LogP) is 5.18. The van der Waals surface area contributed by atoms with Crippen molar-refractivity contribution in [3.05, 3.63) is 89.1 Å². The van der Waals surface area contributed by atoms with Gasteiger partial charge in [-0.1, -0.05) is 19.1 Å². The SMILES string of the molecule is CC(Cc1cc(F)cc(F)c1)c1ccc2c(cnn2NC(=O)c2cccc(NCCF)c2N2CCN(C)CC2)c1. The van der Waals surface area contributed by atoms with Crippen LogP contribution in [0.5, 0.6) is 0 Å². The Kier molecular flexibility index (Phi) is 8.25. The molecule has 0 bridgehead atoms. The van der Waals surface area contributed by atoms with Crippen LogP contribution in [0.1, 0.15) is 34.3 Å². The van der Waals surface area contributed by atoms with Crippen molar-refractivity contribution in [1.29, 1.82) is 0 Å². The largest absolute Gasteiger partial charge is 0.381 e. The Hall–Kier alpha value is -4.05. The standard InChI is InChI=1S/C30H33F3N6O/c1-20(14-21-15-24(32)18-25(33)16-21)22-6-7-28-23(17-22)19-35-39(28)36-30(40)26-4-3-5-27(34-9-8-31)29(26)38-12-10-37(2)11-13-38/h3-7,15-20,34H,8-14H2,1-2H3,(H,36,40). The molecule has 10 heteroatoms. The zero-order valence-corrected chi connectivity index (χ0v) is 22.6. The minimum absolute atomic E-state index is 0.00856. The molecule has 1 aliphatic heterocycles. The molecule has 1 atom stereocenters. The minimum Gasteiger partial charge on any atom is -0.381 e. The maximum Gasteiger partial charge on any atom is 0.273 e. The highest BCUT2D eigenvalue weighted by atomic mass is 19.1. The second-order valence-corrected chi connectivity index (χ2v) is 10.3. The monoisotopic (exact) mass is 550 g/mol. The van der Waals surface area contributed by atoms with Gasteiger partial charge in [-0.25, -0.2) is 18.6 Å². The summed E-state index contributed by atoms with van der Waals surface area (Å²) in [5.41, 5.74) is 7.15. The summed E-state index contributed by atoms with van der Waals surface area (Å²) in [4.78, 5) is 19.4. The first-order valence-electron chi connectivity index (χ1n) is 13.4. The molecule has 7 nitrogen and oxygen atoms in total. The highest BCUT2D eigenvalue weighted by molar-refractivity contribution is 6.07. The zero-order chi connectivity index (χ0) is 28.2. The third-order valence-corrected chi connectivity index (χ3v) is 7.34. The van der Waals surface area contributed by atoms with Gasteiger partial charge in [0.1, 0.15) is 18.3 Å². The number of aromatic nitrogens is 2. The fourth-order valence-electron chi connectivity index (χ4n) is 5.23. The van der Waals surface area contributed by atoms with Gasteiger partial charge >= 0.3 is 0 Å². The summed E-state index contributed by atoms with van der Waals surface area (Å²) in [6.45, 7) is 4.86. The van der Waals surface area contributed by atoms with Gasteiger partial charge in [0.15, 0.2) is 0 Å². The van der Waals surface area contributed by atoms with Crippen LogP contribution in [0.2, 0.25) is 0 Å². The summed E-state index contributed by atoms with van der Waals surface area (Å²) in [6.07, 6.45) is 2.15. The first-order chi connectivity index (χ1) is 19.3. The number of hydrogen-bond acceptors (Lipinski definition) is 5. The van der Waals surface area contributed by atoms with E-state index in [9.17, 15) is 18.0 Å².